The first-order valence-corrected chi connectivity index (χ1v) is 9.98. The molecule has 1 aliphatic rings. The molecular formula is C19H26N4OS. The van der Waals surface area contributed by atoms with Crippen LogP contribution in [-0.2, 0) is 17.8 Å². The standard InChI is InChI=1S/C19H26N4OS/c1-3-23-17(13-15-9-5-4-6-10-15)21-22-19(23)25-14(2)18(24)20-16-11-7-8-12-16/h4-6,9-10,14,16H,3,7-8,11-13H2,1-2H3,(H,20,24). The zero-order valence-corrected chi connectivity index (χ0v) is 15.8. The van der Waals surface area contributed by atoms with Crippen molar-refractivity contribution in [2.45, 2.75) is 68.9 Å². The molecule has 1 amide bonds. The third-order valence-corrected chi connectivity index (χ3v) is 5.75. The molecule has 2 aromatic rings. The zero-order chi connectivity index (χ0) is 17.6. The van der Waals surface area contributed by atoms with Crippen molar-refractivity contribution in [2.24, 2.45) is 0 Å². The van der Waals surface area contributed by atoms with Gasteiger partial charge >= 0.3 is 0 Å². The zero-order valence-electron chi connectivity index (χ0n) is 14.9. The van der Waals surface area contributed by atoms with Crippen molar-refractivity contribution < 1.29 is 4.79 Å². The Labute approximate surface area is 153 Å². The Bertz CT molecular complexity index is 695. The van der Waals surface area contributed by atoms with Gasteiger partial charge in [-0.15, -0.1) is 10.2 Å². The number of carbonyl (C=O) groups excluding carboxylic acids is 1. The number of amides is 1. The van der Waals surface area contributed by atoms with Crippen LogP contribution in [-0.4, -0.2) is 32.0 Å². The van der Waals surface area contributed by atoms with Gasteiger partial charge < -0.3 is 9.88 Å². The van der Waals surface area contributed by atoms with Crippen LogP contribution in [0.15, 0.2) is 35.5 Å². The molecule has 0 aliphatic heterocycles. The summed E-state index contributed by atoms with van der Waals surface area (Å²) in [6.07, 6.45) is 5.41. The molecule has 0 bridgehead atoms. The van der Waals surface area contributed by atoms with Crippen LogP contribution in [0.1, 0.15) is 50.9 Å². The van der Waals surface area contributed by atoms with Crippen molar-refractivity contribution in [3.05, 3.63) is 41.7 Å². The largest absolute Gasteiger partial charge is 0.352 e. The SMILES string of the molecule is CCn1c(Cc2ccccc2)nnc1SC(C)C(=O)NC1CCCC1. The van der Waals surface area contributed by atoms with Crippen LogP contribution < -0.4 is 5.32 Å². The molecule has 1 saturated carbocycles. The number of nitrogens with one attached hydrogen (secondary N) is 1. The van der Waals surface area contributed by atoms with E-state index in [4.69, 9.17) is 0 Å². The van der Waals surface area contributed by atoms with Gasteiger partial charge in [0.15, 0.2) is 5.16 Å². The molecule has 6 heteroatoms. The molecule has 1 aliphatic carbocycles. The van der Waals surface area contributed by atoms with E-state index in [9.17, 15) is 4.79 Å². The lowest BCUT2D eigenvalue weighted by molar-refractivity contribution is -0.120. The lowest BCUT2D eigenvalue weighted by Gasteiger charge is -2.16. The molecule has 1 unspecified atom stereocenters. The van der Waals surface area contributed by atoms with Gasteiger partial charge in [0, 0.05) is 19.0 Å². The van der Waals surface area contributed by atoms with Gasteiger partial charge in [0.1, 0.15) is 5.82 Å². The molecule has 0 spiro atoms. The number of benzene rings is 1. The maximum Gasteiger partial charge on any atom is 0.233 e. The minimum absolute atomic E-state index is 0.104. The Morgan fingerprint density at radius 1 is 1.28 bits per heavy atom. The van der Waals surface area contributed by atoms with Gasteiger partial charge in [0.2, 0.25) is 5.91 Å². The molecule has 134 valence electrons. The van der Waals surface area contributed by atoms with E-state index in [1.807, 2.05) is 25.1 Å². The molecule has 1 aromatic carbocycles. The fraction of sp³-hybridized carbons (Fsp3) is 0.526. The molecule has 1 fully saturated rings. The van der Waals surface area contributed by atoms with Gasteiger partial charge in [-0.2, -0.15) is 0 Å². The summed E-state index contributed by atoms with van der Waals surface area (Å²) in [5.41, 5.74) is 1.22. The molecule has 5 nitrogen and oxygen atoms in total. The van der Waals surface area contributed by atoms with Crippen molar-refractivity contribution in [2.75, 3.05) is 0 Å². The van der Waals surface area contributed by atoms with Gasteiger partial charge in [-0.05, 0) is 32.3 Å². The van der Waals surface area contributed by atoms with Crippen molar-refractivity contribution in [3.63, 3.8) is 0 Å². The summed E-state index contributed by atoms with van der Waals surface area (Å²) in [6, 6.07) is 10.6. The minimum Gasteiger partial charge on any atom is -0.352 e. The van der Waals surface area contributed by atoms with Gasteiger partial charge in [0.05, 0.1) is 5.25 Å². The minimum atomic E-state index is -0.167. The maximum atomic E-state index is 12.4. The van der Waals surface area contributed by atoms with Crippen LogP contribution in [0.2, 0.25) is 0 Å². The van der Waals surface area contributed by atoms with E-state index in [0.717, 1.165) is 36.8 Å². The fourth-order valence-electron chi connectivity index (χ4n) is 3.23. The highest BCUT2D eigenvalue weighted by atomic mass is 32.2. The first-order chi connectivity index (χ1) is 12.2. The number of nitrogens with zero attached hydrogens (tertiary/aromatic N) is 3. The number of aromatic nitrogens is 3. The average Bonchev–Trinajstić information content (AvgIpc) is 3.25. The Morgan fingerprint density at radius 2 is 2.00 bits per heavy atom. The summed E-state index contributed by atoms with van der Waals surface area (Å²) >= 11 is 1.49. The van der Waals surface area contributed by atoms with E-state index in [1.54, 1.807) is 0 Å². The van der Waals surface area contributed by atoms with Gasteiger partial charge in [-0.25, -0.2) is 0 Å². The van der Waals surface area contributed by atoms with Crippen LogP contribution in [0.25, 0.3) is 0 Å². The molecule has 1 N–H and O–H groups in total. The lowest BCUT2D eigenvalue weighted by atomic mass is 10.1. The Balaban J connectivity index is 1.64. The second-order valence-corrected chi connectivity index (χ2v) is 7.86. The van der Waals surface area contributed by atoms with Crippen LogP contribution in [0.3, 0.4) is 0 Å². The summed E-state index contributed by atoms with van der Waals surface area (Å²) in [4.78, 5) is 12.4. The number of carbonyl (C=O) groups is 1. The summed E-state index contributed by atoms with van der Waals surface area (Å²) in [7, 11) is 0. The van der Waals surface area contributed by atoms with E-state index in [2.05, 4.69) is 39.1 Å². The van der Waals surface area contributed by atoms with E-state index in [0.29, 0.717) is 6.04 Å². The Kier molecular flexibility index (Phi) is 6.13. The van der Waals surface area contributed by atoms with Crippen molar-refractivity contribution in [3.8, 4) is 0 Å². The normalized spacial score (nSPS) is 16.1. The van der Waals surface area contributed by atoms with Crippen LogP contribution in [0.4, 0.5) is 0 Å². The lowest BCUT2D eigenvalue weighted by Crippen LogP contribution is -2.37. The highest BCUT2D eigenvalue weighted by Crippen LogP contribution is 2.24. The van der Waals surface area contributed by atoms with E-state index in [-0.39, 0.29) is 11.2 Å². The van der Waals surface area contributed by atoms with Crippen molar-refractivity contribution in [1.29, 1.82) is 0 Å². The van der Waals surface area contributed by atoms with Gasteiger partial charge in [-0.1, -0.05) is 54.9 Å². The van der Waals surface area contributed by atoms with E-state index in [1.165, 1.54) is 30.2 Å². The average molecular weight is 359 g/mol. The van der Waals surface area contributed by atoms with Crippen LogP contribution in [0, 0.1) is 0 Å². The van der Waals surface area contributed by atoms with Crippen molar-refractivity contribution in [1.82, 2.24) is 20.1 Å². The van der Waals surface area contributed by atoms with Crippen LogP contribution >= 0.6 is 11.8 Å². The number of thioether (sulfide) groups is 1. The van der Waals surface area contributed by atoms with Gasteiger partial charge in [-0.3, -0.25) is 4.79 Å². The maximum absolute atomic E-state index is 12.4. The molecule has 0 saturated heterocycles. The third-order valence-electron chi connectivity index (χ3n) is 4.67. The summed E-state index contributed by atoms with van der Waals surface area (Å²) < 4.78 is 2.11. The molecular weight excluding hydrogens is 332 g/mol. The quantitative estimate of drug-likeness (QED) is 0.771. The third kappa shape index (κ3) is 4.63. The first-order valence-electron chi connectivity index (χ1n) is 9.10. The molecule has 1 atom stereocenters. The topological polar surface area (TPSA) is 59.8 Å². The molecule has 25 heavy (non-hydrogen) atoms. The van der Waals surface area contributed by atoms with Gasteiger partial charge in [0.25, 0.3) is 0 Å². The van der Waals surface area contributed by atoms with Crippen molar-refractivity contribution >= 4 is 17.7 Å². The molecule has 0 radical (unpaired) electrons. The second-order valence-electron chi connectivity index (χ2n) is 6.56. The van der Waals surface area contributed by atoms with Crippen LogP contribution in [0.5, 0.6) is 0 Å². The fourth-order valence-corrected chi connectivity index (χ4v) is 4.17. The highest BCUT2D eigenvalue weighted by molar-refractivity contribution is 8.00. The number of hydrogen-bond acceptors (Lipinski definition) is 4. The van der Waals surface area contributed by atoms with E-state index >= 15 is 0 Å². The number of hydrogen-bond donors (Lipinski definition) is 1. The summed E-state index contributed by atoms with van der Waals surface area (Å²) in [5, 5.41) is 12.5. The molecule has 1 heterocycles. The molecule has 1 aromatic heterocycles. The van der Waals surface area contributed by atoms with E-state index < -0.39 is 0 Å². The second kappa shape index (κ2) is 8.52. The predicted octanol–water partition coefficient (Wildman–Crippen LogP) is 3.43. The molecule has 3 rings (SSSR count). The predicted molar refractivity (Wildman–Crippen MR) is 101 cm³/mol. The summed E-state index contributed by atoms with van der Waals surface area (Å²) in [5.74, 6) is 1.05. The highest BCUT2D eigenvalue weighted by Gasteiger charge is 2.23. The summed E-state index contributed by atoms with van der Waals surface area (Å²) in [6.45, 7) is 4.83. The Morgan fingerprint density at radius 3 is 2.68 bits per heavy atom. The smallest absolute Gasteiger partial charge is 0.233 e. The monoisotopic (exact) mass is 358 g/mol. The Hall–Kier alpha value is -1.82. The first kappa shape index (κ1) is 18.0. The number of rotatable bonds is 7.